The smallest absolute Gasteiger partial charge is 0.410 e. The van der Waals surface area contributed by atoms with Gasteiger partial charge >= 0.3 is 12.1 Å². The van der Waals surface area contributed by atoms with Gasteiger partial charge in [-0.05, 0) is 40.2 Å². The van der Waals surface area contributed by atoms with Crippen LogP contribution < -0.4 is 5.32 Å². The van der Waals surface area contributed by atoms with Crippen molar-refractivity contribution in [2.45, 2.75) is 45.3 Å². The Morgan fingerprint density at radius 1 is 1.35 bits per heavy atom. The zero-order chi connectivity index (χ0) is 15.0. The summed E-state index contributed by atoms with van der Waals surface area (Å²) in [7, 11) is 1.40. The number of methoxy groups -OCH3 is 1. The van der Waals surface area contributed by atoms with Gasteiger partial charge in [0.25, 0.3) is 0 Å². The second-order valence-electron chi connectivity index (χ2n) is 6.60. The molecule has 20 heavy (non-hydrogen) atoms. The Morgan fingerprint density at radius 2 is 2.05 bits per heavy atom. The maximum Gasteiger partial charge on any atom is 0.410 e. The van der Waals surface area contributed by atoms with Gasteiger partial charge in [0.15, 0.2) is 0 Å². The van der Waals surface area contributed by atoms with Crippen molar-refractivity contribution < 1.29 is 19.1 Å². The van der Waals surface area contributed by atoms with Gasteiger partial charge in [0.1, 0.15) is 11.0 Å². The minimum atomic E-state index is -0.621. The van der Waals surface area contributed by atoms with Crippen molar-refractivity contribution in [3.8, 4) is 0 Å². The maximum atomic E-state index is 12.2. The lowest BCUT2D eigenvalue weighted by Gasteiger charge is -2.42. The fraction of sp³-hybridized carbons (Fsp3) is 0.857. The van der Waals surface area contributed by atoms with E-state index in [0.717, 1.165) is 13.0 Å². The number of hydrogen-bond acceptors (Lipinski definition) is 5. The monoisotopic (exact) mass is 284 g/mol. The molecule has 2 aliphatic rings. The van der Waals surface area contributed by atoms with Crippen LogP contribution in [0.3, 0.4) is 0 Å². The third kappa shape index (κ3) is 2.75. The van der Waals surface area contributed by atoms with Crippen molar-refractivity contribution in [1.82, 2.24) is 10.2 Å². The molecule has 114 valence electrons. The quantitative estimate of drug-likeness (QED) is 0.732. The number of carbonyl (C=O) groups is 2. The van der Waals surface area contributed by atoms with Gasteiger partial charge < -0.3 is 19.7 Å². The molecule has 0 aromatic heterocycles. The molecule has 2 heterocycles. The van der Waals surface area contributed by atoms with Crippen LogP contribution in [0, 0.1) is 5.41 Å². The van der Waals surface area contributed by atoms with E-state index in [1.165, 1.54) is 7.11 Å². The number of nitrogens with one attached hydrogen (secondary N) is 1. The van der Waals surface area contributed by atoms with Crippen LogP contribution in [0.4, 0.5) is 4.79 Å². The molecule has 2 rings (SSSR count). The van der Waals surface area contributed by atoms with Crippen LogP contribution in [-0.2, 0) is 14.3 Å². The zero-order valence-electron chi connectivity index (χ0n) is 12.7. The van der Waals surface area contributed by atoms with Crippen LogP contribution in [0.5, 0.6) is 0 Å². The van der Waals surface area contributed by atoms with Gasteiger partial charge in [0, 0.05) is 19.1 Å². The van der Waals surface area contributed by atoms with Crippen molar-refractivity contribution >= 4 is 12.1 Å². The van der Waals surface area contributed by atoms with Crippen LogP contribution in [0.2, 0.25) is 0 Å². The molecule has 0 aromatic carbocycles. The standard InChI is InChI=1S/C14H24N2O4/c1-13(2,3)20-12(18)16-8-5-10-14(9-16,6-7-15-10)11(17)19-4/h10,15H,5-9H2,1-4H3. The Kier molecular flexibility index (Phi) is 3.95. The summed E-state index contributed by atoms with van der Waals surface area (Å²) >= 11 is 0. The van der Waals surface area contributed by atoms with E-state index in [9.17, 15) is 9.59 Å². The normalized spacial score (nSPS) is 29.8. The molecule has 2 fully saturated rings. The van der Waals surface area contributed by atoms with Crippen molar-refractivity contribution in [2.24, 2.45) is 5.41 Å². The molecule has 0 spiro atoms. The molecule has 0 bridgehead atoms. The largest absolute Gasteiger partial charge is 0.468 e. The van der Waals surface area contributed by atoms with Gasteiger partial charge in [-0.2, -0.15) is 0 Å². The van der Waals surface area contributed by atoms with Crippen molar-refractivity contribution in [2.75, 3.05) is 26.7 Å². The predicted molar refractivity (Wildman–Crippen MR) is 73.3 cm³/mol. The first kappa shape index (κ1) is 15.1. The molecule has 2 unspecified atom stereocenters. The first-order valence-electron chi connectivity index (χ1n) is 7.08. The molecule has 1 amide bonds. The summed E-state index contributed by atoms with van der Waals surface area (Å²) < 4.78 is 10.4. The summed E-state index contributed by atoms with van der Waals surface area (Å²) in [6.45, 7) is 7.26. The predicted octanol–water partition coefficient (Wildman–Crippen LogP) is 1.15. The number of nitrogens with zero attached hydrogens (tertiary/aromatic N) is 1. The third-order valence-corrected chi connectivity index (χ3v) is 4.03. The Balaban J connectivity index is 2.12. The lowest BCUT2D eigenvalue weighted by molar-refractivity contribution is -0.156. The molecule has 0 aliphatic carbocycles. The highest BCUT2D eigenvalue weighted by atomic mass is 16.6. The van der Waals surface area contributed by atoms with Crippen LogP contribution >= 0.6 is 0 Å². The number of carbonyl (C=O) groups excluding carboxylic acids is 2. The molecule has 0 aromatic rings. The van der Waals surface area contributed by atoms with E-state index in [4.69, 9.17) is 9.47 Å². The topological polar surface area (TPSA) is 67.9 Å². The number of esters is 1. The van der Waals surface area contributed by atoms with Crippen LogP contribution in [-0.4, -0.2) is 55.3 Å². The molecule has 0 radical (unpaired) electrons. The maximum absolute atomic E-state index is 12.2. The lowest BCUT2D eigenvalue weighted by atomic mass is 9.76. The second-order valence-corrected chi connectivity index (χ2v) is 6.60. The first-order valence-corrected chi connectivity index (χ1v) is 7.08. The summed E-state index contributed by atoms with van der Waals surface area (Å²) in [5, 5.41) is 3.34. The number of rotatable bonds is 1. The highest BCUT2D eigenvalue weighted by molar-refractivity contribution is 5.80. The molecule has 2 saturated heterocycles. The average Bonchev–Trinajstić information content (AvgIpc) is 2.79. The number of piperidine rings is 1. The van der Waals surface area contributed by atoms with Crippen molar-refractivity contribution in [1.29, 1.82) is 0 Å². The Morgan fingerprint density at radius 3 is 2.65 bits per heavy atom. The van der Waals surface area contributed by atoms with Gasteiger partial charge in [0.05, 0.1) is 7.11 Å². The second kappa shape index (κ2) is 5.24. The Labute approximate surface area is 119 Å². The fourth-order valence-electron chi connectivity index (χ4n) is 3.11. The molecule has 6 nitrogen and oxygen atoms in total. The molecular formula is C14H24N2O4. The summed E-state index contributed by atoms with van der Waals surface area (Å²) in [6, 6.07) is 0.0913. The number of likely N-dealkylation sites (tertiary alicyclic amines) is 1. The highest BCUT2D eigenvalue weighted by Gasteiger charge is 2.54. The van der Waals surface area contributed by atoms with E-state index in [1.807, 2.05) is 20.8 Å². The molecule has 2 aliphatic heterocycles. The van der Waals surface area contributed by atoms with Gasteiger partial charge in [0.2, 0.25) is 0 Å². The SMILES string of the molecule is COC(=O)C12CCNC1CCN(C(=O)OC(C)(C)C)C2. The lowest BCUT2D eigenvalue weighted by Crippen LogP contribution is -2.58. The van der Waals surface area contributed by atoms with Gasteiger partial charge in [-0.25, -0.2) is 4.79 Å². The summed E-state index contributed by atoms with van der Waals surface area (Å²) in [5.74, 6) is -0.235. The minimum absolute atomic E-state index is 0.0913. The number of fused-ring (bicyclic) bond motifs is 1. The average molecular weight is 284 g/mol. The summed E-state index contributed by atoms with van der Waals surface area (Å²) in [4.78, 5) is 26.0. The van der Waals surface area contributed by atoms with Gasteiger partial charge in [-0.15, -0.1) is 0 Å². The Hall–Kier alpha value is -1.30. The molecule has 1 N–H and O–H groups in total. The molecule has 0 saturated carbocycles. The van der Waals surface area contributed by atoms with E-state index < -0.39 is 11.0 Å². The van der Waals surface area contributed by atoms with E-state index in [-0.39, 0.29) is 18.1 Å². The zero-order valence-corrected chi connectivity index (χ0v) is 12.7. The van der Waals surface area contributed by atoms with Crippen molar-refractivity contribution in [3.63, 3.8) is 0 Å². The third-order valence-electron chi connectivity index (χ3n) is 4.03. The summed E-state index contributed by atoms with van der Waals surface area (Å²) in [6.07, 6.45) is 1.09. The minimum Gasteiger partial charge on any atom is -0.468 e. The van der Waals surface area contributed by atoms with E-state index in [1.54, 1.807) is 4.90 Å². The molecule has 6 heteroatoms. The van der Waals surface area contributed by atoms with Crippen molar-refractivity contribution in [3.05, 3.63) is 0 Å². The highest BCUT2D eigenvalue weighted by Crippen LogP contribution is 2.39. The van der Waals surface area contributed by atoms with E-state index in [2.05, 4.69) is 5.32 Å². The number of hydrogen-bond donors (Lipinski definition) is 1. The van der Waals surface area contributed by atoms with E-state index in [0.29, 0.717) is 19.5 Å². The van der Waals surface area contributed by atoms with Gasteiger partial charge in [-0.3, -0.25) is 4.79 Å². The van der Waals surface area contributed by atoms with E-state index >= 15 is 0 Å². The fourth-order valence-corrected chi connectivity index (χ4v) is 3.11. The van der Waals surface area contributed by atoms with Crippen LogP contribution in [0.25, 0.3) is 0 Å². The first-order chi connectivity index (χ1) is 9.28. The number of ether oxygens (including phenoxy) is 2. The molecule has 2 atom stereocenters. The van der Waals surface area contributed by atoms with Crippen LogP contribution in [0.1, 0.15) is 33.6 Å². The molecular weight excluding hydrogens is 260 g/mol. The van der Waals surface area contributed by atoms with Crippen LogP contribution in [0.15, 0.2) is 0 Å². The number of amides is 1. The Bertz CT molecular complexity index is 404. The summed E-state index contributed by atoms with van der Waals surface area (Å²) in [5.41, 5.74) is -1.15. The van der Waals surface area contributed by atoms with Gasteiger partial charge in [-0.1, -0.05) is 0 Å².